The lowest BCUT2D eigenvalue weighted by Crippen LogP contribution is -1.96. The SMILES string of the molecule is C=CCCCCCC.O=C(O)c1cccc2ccccc12. The van der Waals surface area contributed by atoms with Crippen LogP contribution in [0.15, 0.2) is 55.1 Å². The summed E-state index contributed by atoms with van der Waals surface area (Å²) < 4.78 is 0. The number of unbranched alkanes of at least 4 members (excludes halogenated alkanes) is 4. The summed E-state index contributed by atoms with van der Waals surface area (Å²) in [6.45, 7) is 5.89. The number of carboxylic acids is 1. The van der Waals surface area contributed by atoms with E-state index in [2.05, 4.69) is 13.5 Å². The van der Waals surface area contributed by atoms with E-state index in [1.54, 1.807) is 12.1 Å². The maximum absolute atomic E-state index is 10.8. The quantitative estimate of drug-likeness (QED) is 0.547. The van der Waals surface area contributed by atoms with Crippen molar-refractivity contribution in [3.63, 3.8) is 0 Å². The average molecular weight is 284 g/mol. The van der Waals surface area contributed by atoms with Crippen LogP contribution in [0.2, 0.25) is 0 Å². The fourth-order valence-electron chi connectivity index (χ4n) is 2.13. The summed E-state index contributed by atoms with van der Waals surface area (Å²) in [5.41, 5.74) is 0.359. The van der Waals surface area contributed by atoms with E-state index in [1.165, 1.54) is 32.1 Å². The molecule has 2 heteroatoms. The van der Waals surface area contributed by atoms with Gasteiger partial charge in [0.25, 0.3) is 0 Å². The second-order valence-corrected chi connectivity index (χ2v) is 4.97. The molecule has 21 heavy (non-hydrogen) atoms. The molecule has 0 bridgehead atoms. The van der Waals surface area contributed by atoms with Gasteiger partial charge in [-0.15, -0.1) is 6.58 Å². The van der Waals surface area contributed by atoms with Gasteiger partial charge in [-0.2, -0.15) is 0 Å². The van der Waals surface area contributed by atoms with Crippen LogP contribution in [0.25, 0.3) is 10.8 Å². The second-order valence-electron chi connectivity index (χ2n) is 4.97. The molecule has 1 N–H and O–H groups in total. The highest BCUT2D eigenvalue weighted by Gasteiger charge is 2.05. The first-order chi connectivity index (χ1) is 10.2. The standard InChI is InChI=1S/C11H8O2.C8H16/c12-11(13)10-7-3-5-8-4-1-2-6-9(8)10;1-3-5-7-8-6-4-2/h1-7H,(H,12,13);3H,1,4-8H2,2H3. The highest BCUT2D eigenvalue weighted by molar-refractivity contribution is 6.03. The number of hydrogen-bond donors (Lipinski definition) is 1. The monoisotopic (exact) mass is 284 g/mol. The van der Waals surface area contributed by atoms with Crippen molar-refractivity contribution in [1.82, 2.24) is 0 Å². The van der Waals surface area contributed by atoms with Gasteiger partial charge in [0.15, 0.2) is 0 Å². The normalized spacial score (nSPS) is 9.76. The lowest BCUT2D eigenvalue weighted by Gasteiger charge is -2.00. The molecule has 112 valence electrons. The lowest BCUT2D eigenvalue weighted by molar-refractivity contribution is 0.0699. The van der Waals surface area contributed by atoms with Gasteiger partial charge in [0.05, 0.1) is 5.56 Å². The average Bonchev–Trinajstić information content (AvgIpc) is 2.51. The first-order valence-corrected chi connectivity index (χ1v) is 7.52. The minimum Gasteiger partial charge on any atom is -0.478 e. The highest BCUT2D eigenvalue weighted by atomic mass is 16.4. The van der Waals surface area contributed by atoms with Crippen molar-refractivity contribution in [2.45, 2.75) is 39.0 Å². The van der Waals surface area contributed by atoms with Crippen LogP contribution < -0.4 is 0 Å². The molecule has 2 aromatic rings. The Kier molecular flexibility index (Phi) is 7.88. The summed E-state index contributed by atoms with van der Waals surface area (Å²) >= 11 is 0. The zero-order chi connectivity index (χ0) is 15.5. The van der Waals surface area contributed by atoms with Crippen molar-refractivity contribution in [2.75, 3.05) is 0 Å². The number of rotatable bonds is 6. The molecule has 0 aliphatic rings. The van der Waals surface area contributed by atoms with Gasteiger partial charge in [-0.1, -0.05) is 68.7 Å². The van der Waals surface area contributed by atoms with Crippen LogP contribution in [0.4, 0.5) is 0 Å². The van der Waals surface area contributed by atoms with E-state index in [1.807, 2.05) is 36.4 Å². The Labute approximate surface area is 127 Å². The Morgan fingerprint density at radius 3 is 2.48 bits per heavy atom. The molecule has 0 amide bonds. The lowest BCUT2D eigenvalue weighted by atomic mass is 10.1. The van der Waals surface area contributed by atoms with Crippen molar-refractivity contribution in [3.05, 3.63) is 60.7 Å². The summed E-state index contributed by atoms with van der Waals surface area (Å²) in [4.78, 5) is 10.8. The Balaban J connectivity index is 0.000000240. The largest absolute Gasteiger partial charge is 0.478 e. The van der Waals surface area contributed by atoms with Crippen LogP contribution in [0.5, 0.6) is 0 Å². The van der Waals surface area contributed by atoms with Gasteiger partial charge >= 0.3 is 5.97 Å². The summed E-state index contributed by atoms with van der Waals surface area (Å²) in [6.07, 6.45) is 8.61. The third-order valence-electron chi connectivity index (χ3n) is 3.28. The van der Waals surface area contributed by atoms with Crippen LogP contribution in [0.1, 0.15) is 49.4 Å². The molecule has 0 aliphatic heterocycles. The fraction of sp³-hybridized carbons (Fsp3) is 0.316. The topological polar surface area (TPSA) is 37.3 Å². The number of benzene rings is 2. The van der Waals surface area contributed by atoms with Gasteiger partial charge in [-0.3, -0.25) is 0 Å². The smallest absolute Gasteiger partial charge is 0.336 e. The zero-order valence-electron chi connectivity index (χ0n) is 12.7. The number of hydrogen-bond acceptors (Lipinski definition) is 1. The highest BCUT2D eigenvalue weighted by Crippen LogP contribution is 2.17. The van der Waals surface area contributed by atoms with Crippen LogP contribution in [0.3, 0.4) is 0 Å². The third kappa shape index (κ3) is 5.82. The van der Waals surface area contributed by atoms with E-state index in [0.717, 1.165) is 10.8 Å². The molecular formula is C19H24O2. The Morgan fingerprint density at radius 2 is 1.81 bits per heavy atom. The molecule has 0 heterocycles. The molecule has 0 fully saturated rings. The van der Waals surface area contributed by atoms with Crippen LogP contribution >= 0.6 is 0 Å². The van der Waals surface area contributed by atoms with Crippen molar-refractivity contribution >= 4 is 16.7 Å². The molecule has 2 rings (SSSR count). The van der Waals surface area contributed by atoms with Gasteiger partial charge in [0.1, 0.15) is 0 Å². The van der Waals surface area contributed by atoms with Gasteiger partial charge < -0.3 is 5.11 Å². The molecule has 0 saturated carbocycles. The van der Waals surface area contributed by atoms with Crippen molar-refractivity contribution in [1.29, 1.82) is 0 Å². The molecule has 0 saturated heterocycles. The summed E-state index contributed by atoms with van der Waals surface area (Å²) in [5.74, 6) is -0.878. The van der Waals surface area contributed by atoms with Crippen molar-refractivity contribution in [3.8, 4) is 0 Å². The van der Waals surface area contributed by atoms with Gasteiger partial charge in [0, 0.05) is 0 Å². The maximum atomic E-state index is 10.8. The van der Waals surface area contributed by atoms with E-state index >= 15 is 0 Å². The van der Waals surface area contributed by atoms with Gasteiger partial charge in [-0.05, 0) is 29.7 Å². The molecular weight excluding hydrogens is 260 g/mol. The number of aromatic carboxylic acids is 1. The van der Waals surface area contributed by atoms with Gasteiger partial charge in [-0.25, -0.2) is 4.79 Å². The van der Waals surface area contributed by atoms with E-state index < -0.39 is 5.97 Å². The predicted octanol–water partition coefficient (Wildman–Crippen LogP) is 5.68. The molecule has 2 aromatic carbocycles. The zero-order valence-corrected chi connectivity index (χ0v) is 12.7. The summed E-state index contributed by atoms with van der Waals surface area (Å²) in [6, 6.07) is 12.7. The Hall–Kier alpha value is -2.09. The minimum absolute atomic E-state index is 0.359. The predicted molar refractivity (Wildman–Crippen MR) is 89.9 cm³/mol. The van der Waals surface area contributed by atoms with E-state index in [9.17, 15) is 4.79 Å². The molecule has 0 atom stereocenters. The first kappa shape index (κ1) is 17.0. The van der Waals surface area contributed by atoms with Crippen LogP contribution in [-0.4, -0.2) is 11.1 Å². The van der Waals surface area contributed by atoms with E-state index in [-0.39, 0.29) is 0 Å². The number of carbonyl (C=O) groups is 1. The van der Waals surface area contributed by atoms with Crippen molar-refractivity contribution in [2.24, 2.45) is 0 Å². The summed E-state index contributed by atoms with van der Waals surface area (Å²) in [7, 11) is 0. The van der Waals surface area contributed by atoms with Crippen LogP contribution in [-0.2, 0) is 0 Å². The first-order valence-electron chi connectivity index (χ1n) is 7.52. The van der Waals surface area contributed by atoms with Gasteiger partial charge in [0.2, 0.25) is 0 Å². The van der Waals surface area contributed by atoms with Crippen LogP contribution in [0, 0.1) is 0 Å². The molecule has 0 unspecified atom stereocenters. The van der Waals surface area contributed by atoms with Crippen molar-refractivity contribution < 1.29 is 9.90 Å². The molecule has 0 spiro atoms. The molecule has 0 aliphatic carbocycles. The minimum atomic E-state index is -0.878. The number of fused-ring (bicyclic) bond motifs is 1. The van der Waals surface area contributed by atoms with E-state index in [0.29, 0.717) is 5.56 Å². The fourth-order valence-corrected chi connectivity index (χ4v) is 2.13. The maximum Gasteiger partial charge on any atom is 0.336 e. The van der Waals surface area contributed by atoms with E-state index in [4.69, 9.17) is 5.11 Å². The third-order valence-corrected chi connectivity index (χ3v) is 3.28. The number of allylic oxidation sites excluding steroid dienone is 1. The summed E-state index contributed by atoms with van der Waals surface area (Å²) in [5, 5.41) is 10.6. The molecule has 2 nitrogen and oxygen atoms in total. The number of carboxylic acid groups (broad SMARTS) is 1. The molecule has 0 radical (unpaired) electrons. The Bertz CT molecular complexity index is 567. The molecule has 0 aromatic heterocycles. The second kappa shape index (κ2) is 9.76. The Morgan fingerprint density at radius 1 is 1.10 bits per heavy atom.